The number of hydrogen-bond donors (Lipinski definition) is 3. The molecule has 0 aromatic heterocycles. The van der Waals surface area contributed by atoms with Crippen molar-refractivity contribution in [3.05, 3.63) is 0 Å². The number of rotatable bonds is 8. The van der Waals surface area contributed by atoms with Crippen molar-refractivity contribution in [1.82, 2.24) is 10.6 Å². The number of ether oxygens (including phenoxy) is 1. The molecule has 2 atom stereocenters. The standard InChI is InChI=1S/C14H26N2O4/c1-3-4-9-20-10-8-15-13(19)16-11-6-5-7-14(11,2)12(17)18/h11H,3-10H2,1-2H3,(H,17,18)(H2,15,16,19). The monoisotopic (exact) mass is 286 g/mol. The second-order valence-electron chi connectivity index (χ2n) is 5.53. The molecule has 0 heterocycles. The number of aliphatic carboxylic acids is 1. The molecule has 0 aliphatic heterocycles. The number of carbonyl (C=O) groups is 2. The third kappa shape index (κ3) is 4.67. The summed E-state index contributed by atoms with van der Waals surface area (Å²) in [6.45, 7) is 5.41. The van der Waals surface area contributed by atoms with Crippen molar-refractivity contribution in [3.8, 4) is 0 Å². The molecule has 2 unspecified atom stereocenters. The van der Waals surface area contributed by atoms with Crippen LogP contribution in [0.5, 0.6) is 0 Å². The number of urea groups is 1. The first-order valence-corrected chi connectivity index (χ1v) is 7.36. The fraction of sp³-hybridized carbons (Fsp3) is 0.857. The zero-order valence-electron chi connectivity index (χ0n) is 12.4. The highest BCUT2D eigenvalue weighted by atomic mass is 16.5. The van der Waals surface area contributed by atoms with Gasteiger partial charge in [0.15, 0.2) is 0 Å². The van der Waals surface area contributed by atoms with Crippen LogP contribution in [-0.4, -0.2) is 42.9 Å². The summed E-state index contributed by atoms with van der Waals surface area (Å²) >= 11 is 0. The molecule has 1 aliphatic rings. The van der Waals surface area contributed by atoms with Crippen molar-refractivity contribution in [3.63, 3.8) is 0 Å². The summed E-state index contributed by atoms with van der Waals surface area (Å²) in [5.41, 5.74) is -0.852. The molecule has 2 amide bonds. The lowest BCUT2D eigenvalue weighted by molar-refractivity contribution is -0.148. The van der Waals surface area contributed by atoms with Crippen LogP contribution in [0.25, 0.3) is 0 Å². The predicted molar refractivity (Wildman–Crippen MR) is 75.6 cm³/mol. The molecule has 0 radical (unpaired) electrons. The maximum Gasteiger partial charge on any atom is 0.315 e. The highest BCUT2D eigenvalue weighted by Crippen LogP contribution is 2.38. The minimum Gasteiger partial charge on any atom is -0.481 e. The smallest absolute Gasteiger partial charge is 0.315 e. The Hall–Kier alpha value is -1.30. The third-order valence-electron chi connectivity index (χ3n) is 3.93. The quantitative estimate of drug-likeness (QED) is 0.593. The van der Waals surface area contributed by atoms with E-state index < -0.39 is 11.4 Å². The van der Waals surface area contributed by atoms with Gasteiger partial charge >= 0.3 is 12.0 Å². The second-order valence-corrected chi connectivity index (χ2v) is 5.53. The first-order valence-electron chi connectivity index (χ1n) is 7.36. The van der Waals surface area contributed by atoms with E-state index in [1.54, 1.807) is 6.92 Å². The normalized spacial score (nSPS) is 25.4. The Kier molecular flexibility index (Phi) is 6.78. The Morgan fingerprint density at radius 1 is 1.40 bits per heavy atom. The number of amides is 2. The van der Waals surface area contributed by atoms with Gasteiger partial charge in [-0.2, -0.15) is 0 Å². The van der Waals surface area contributed by atoms with Crippen LogP contribution in [0.2, 0.25) is 0 Å². The molecular formula is C14H26N2O4. The molecule has 1 fully saturated rings. The van der Waals surface area contributed by atoms with E-state index in [4.69, 9.17) is 4.74 Å². The van der Waals surface area contributed by atoms with Gasteiger partial charge in [0.1, 0.15) is 0 Å². The molecule has 1 saturated carbocycles. The number of carboxylic acids is 1. The maximum atomic E-state index is 11.7. The molecule has 0 bridgehead atoms. The summed E-state index contributed by atoms with van der Waals surface area (Å²) in [4.78, 5) is 23.0. The van der Waals surface area contributed by atoms with E-state index >= 15 is 0 Å². The van der Waals surface area contributed by atoms with Crippen LogP contribution in [0.3, 0.4) is 0 Å². The zero-order valence-corrected chi connectivity index (χ0v) is 12.4. The number of carbonyl (C=O) groups excluding carboxylic acids is 1. The molecule has 3 N–H and O–H groups in total. The van der Waals surface area contributed by atoms with Gasteiger partial charge in [0.25, 0.3) is 0 Å². The van der Waals surface area contributed by atoms with Crippen LogP contribution >= 0.6 is 0 Å². The molecule has 0 aromatic carbocycles. The summed E-state index contributed by atoms with van der Waals surface area (Å²) in [5.74, 6) is -0.844. The number of nitrogens with one attached hydrogen (secondary N) is 2. The van der Waals surface area contributed by atoms with Gasteiger partial charge in [0.05, 0.1) is 12.0 Å². The minimum absolute atomic E-state index is 0.305. The summed E-state index contributed by atoms with van der Waals surface area (Å²) in [7, 11) is 0. The van der Waals surface area contributed by atoms with Gasteiger partial charge in [-0.05, 0) is 26.2 Å². The highest BCUT2D eigenvalue weighted by molar-refractivity contribution is 5.79. The zero-order chi connectivity index (χ0) is 15.0. The van der Waals surface area contributed by atoms with E-state index in [-0.39, 0.29) is 12.1 Å². The third-order valence-corrected chi connectivity index (χ3v) is 3.93. The number of unbranched alkanes of at least 4 members (excludes halogenated alkanes) is 1. The van der Waals surface area contributed by atoms with Crippen LogP contribution in [0.15, 0.2) is 0 Å². The van der Waals surface area contributed by atoms with Gasteiger partial charge in [0, 0.05) is 19.2 Å². The molecule has 1 aliphatic carbocycles. The van der Waals surface area contributed by atoms with E-state index in [1.807, 2.05) is 0 Å². The molecule has 0 spiro atoms. The minimum atomic E-state index is -0.852. The van der Waals surface area contributed by atoms with Crippen LogP contribution in [-0.2, 0) is 9.53 Å². The molecule has 20 heavy (non-hydrogen) atoms. The Balaban J connectivity index is 2.23. The number of carboxylic acid groups (broad SMARTS) is 1. The SMILES string of the molecule is CCCCOCCNC(=O)NC1CCCC1(C)C(=O)O. The fourth-order valence-corrected chi connectivity index (χ4v) is 2.45. The van der Waals surface area contributed by atoms with Crippen molar-refractivity contribution >= 4 is 12.0 Å². The summed E-state index contributed by atoms with van der Waals surface area (Å²) in [6.07, 6.45) is 4.25. The van der Waals surface area contributed by atoms with Crippen LogP contribution < -0.4 is 10.6 Å². The largest absolute Gasteiger partial charge is 0.481 e. The molecule has 6 heteroatoms. The van der Waals surface area contributed by atoms with Gasteiger partial charge in [-0.15, -0.1) is 0 Å². The van der Waals surface area contributed by atoms with Crippen LogP contribution in [0.1, 0.15) is 46.0 Å². The lowest BCUT2D eigenvalue weighted by atomic mass is 9.85. The molecule has 0 saturated heterocycles. The lowest BCUT2D eigenvalue weighted by Gasteiger charge is -2.27. The topological polar surface area (TPSA) is 87.7 Å². The van der Waals surface area contributed by atoms with E-state index in [1.165, 1.54) is 0 Å². The highest BCUT2D eigenvalue weighted by Gasteiger charge is 2.45. The predicted octanol–water partition coefficient (Wildman–Crippen LogP) is 1.75. The average molecular weight is 286 g/mol. The van der Waals surface area contributed by atoms with Gasteiger partial charge in [-0.25, -0.2) is 4.79 Å². The summed E-state index contributed by atoms with van der Waals surface area (Å²) in [6, 6.07) is -0.621. The Morgan fingerprint density at radius 3 is 2.80 bits per heavy atom. The first-order chi connectivity index (χ1) is 9.50. The van der Waals surface area contributed by atoms with Crippen molar-refractivity contribution in [1.29, 1.82) is 0 Å². The van der Waals surface area contributed by atoms with Gasteiger partial charge in [-0.3, -0.25) is 4.79 Å². The van der Waals surface area contributed by atoms with E-state index in [2.05, 4.69) is 17.6 Å². The van der Waals surface area contributed by atoms with Crippen molar-refractivity contribution in [2.75, 3.05) is 19.8 Å². The summed E-state index contributed by atoms with van der Waals surface area (Å²) in [5, 5.41) is 14.7. The van der Waals surface area contributed by atoms with Gasteiger partial charge < -0.3 is 20.5 Å². The number of hydrogen-bond acceptors (Lipinski definition) is 3. The van der Waals surface area contributed by atoms with E-state index in [9.17, 15) is 14.7 Å². The average Bonchev–Trinajstić information content (AvgIpc) is 2.76. The Labute approximate surface area is 120 Å². The first kappa shape index (κ1) is 16.8. The van der Waals surface area contributed by atoms with Crippen molar-refractivity contribution in [2.45, 2.75) is 52.0 Å². The Morgan fingerprint density at radius 2 is 2.15 bits per heavy atom. The van der Waals surface area contributed by atoms with Crippen LogP contribution in [0, 0.1) is 5.41 Å². The summed E-state index contributed by atoms with van der Waals surface area (Å²) < 4.78 is 5.34. The van der Waals surface area contributed by atoms with E-state index in [0.717, 1.165) is 19.3 Å². The molecule has 0 aromatic rings. The molecule has 116 valence electrons. The lowest BCUT2D eigenvalue weighted by Crippen LogP contribution is -2.50. The van der Waals surface area contributed by atoms with Gasteiger partial charge in [-0.1, -0.05) is 19.8 Å². The van der Waals surface area contributed by atoms with Crippen LogP contribution in [0.4, 0.5) is 4.79 Å². The molecular weight excluding hydrogens is 260 g/mol. The molecule has 6 nitrogen and oxygen atoms in total. The van der Waals surface area contributed by atoms with Crippen molar-refractivity contribution < 1.29 is 19.4 Å². The molecule has 1 rings (SSSR count). The fourth-order valence-electron chi connectivity index (χ4n) is 2.45. The second kappa shape index (κ2) is 8.09. The van der Waals surface area contributed by atoms with E-state index in [0.29, 0.717) is 32.6 Å². The Bertz CT molecular complexity index is 335. The maximum absolute atomic E-state index is 11.7. The van der Waals surface area contributed by atoms with Crippen molar-refractivity contribution in [2.24, 2.45) is 5.41 Å². The van der Waals surface area contributed by atoms with Gasteiger partial charge in [0.2, 0.25) is 0 Å².